The second-order valence-corrected chi connectivity index (χ2v) is 6.72. The van der Waals surface area contributed by atoms with E-state index in [4.69, 9.17) is 12.2 Å². The second-order valence-electron chi connectivity index (χ2n) is 4.26. The molecule has 0 atom stereocenters. The molecule has 19 heavy (non-hydrogen) atoms. The van der Waals surface area contributed by atoms with E-state index in [9.17, 15) is 0 Å². The molecule has 0 unspecified atom stereocenters. The Bertz CT molecular complexity index is 915. The Morgan fingerprint density at radius 2 is 1.84 bits per heavy atom. The van der Waals surface area contributed by atoms with Crippen molar-refractivity contribution in [3.8, 4) is 5.95 Å². The third-order valence-corrected chi connectivity index (χ3v) is 6.01. The first-order valence-corrected chi connectivity index (χ1v) is 7.92. The van der Waals surface area contributed by atoms with Crippen LogP contribution in [0.3, 0.4) is 0 Å². The fraction of sp³-hybridized carbons (Fsp3) is 0. The van der Waals surface area contributed by atoms with Gasteiger partial charge in [-0.1, -0.05) is 0 Å². The van der Waals surface area contributed by atoms with Gasteiger partial charge in [0.2, 0.25) is 0 Å². The molecule has 2 heterocycles. The Balaban J connectivity index is 2.03. The molecule has 3 nitrogen and oxygen atoms in total. The minimum absolute atomic E-state index is 0.168. The number of rotatable bonds is 1. The van der Waals surface area contributed by atoms with Gasteiger partial charge in [-0.05, 0) is 0 Å². The van der Waals surface area contributed by atoms with Gasteiger partial charge in [-0.2, -0.15) is 0 Å². The molecule has 0 aliphatic carbocycles. The number of hydrogen-bond acceptors (Lipinski definition) is 2. The number of benzene rings is 2. The summed E-state index contributed by atoms with van der Waals surface area (Å²) in [6, 6.07) is 16.4. The molecular weight excluding hydrogens is 321 g/mol. The zero-order chi connectivity index (χ0) is 12.8. The van der Waals surface area contributed by atoms with Gasteiger partial charge >= 0.3 is 120 Å². The van der Waals surface area contributed by atoms with Crippen molar-refractivity contribution in [2.45, 2.75) is 0 Å². The number of hydrogen-bond donors (Lipinski definition) is 1. The standard InChI is InChI=1S/C14H9N3SSe/c18-13-9-5-1-4-8-12(9)19-17(13)14-15-10-6-2-3-7-11(10)16-14/h1-8H,(H,15,16). The van der Waals surface area contributed by atoms with Crippen molar-refractivity contribution in [1.29, 1.82) is 0 Å². The first-order chi connectivity index (χ1) is 9.33. The average molecular weight is 330 g/mol. The van der Waals surface area contributed by atoms with E-state index in [-0.39, 0.29) is 14.7 Å². The van der Waals surface area contributed by atoms with Gasteiger partial charge in [0.05, 0.1) is 0 Å². The average Bonchev–Trinajstić information content (AvgIpc) is 3.00. The third kappa shape index (κ3) is 1.70. The zero-order valence-electron chi connectivity index (χ0n) is 9.83. The summed E-state index contributed by atoms with van der Waals surface area (Å²) in [4.78, 5) is 7.97. The van der Waals surface area contributed by atoms with Crippen molar-refractivity contribution in [3.05, 3.63) is 53.2 Å². The summed E-state index contributed by atoms with van der Waals surface area (Å²) < 4.78 is 4.31. The predicted octanol–water partition coefficient (Wildman–Crippen LogP) is 3.29. The molecule has 2 aromatic heterocycles. The van der Waals surface area contributed by atoms with Crippen LogP contribution in [0.25, 0.3) is 26.6 Å². The molecule has 2 aromatic carbocycles. The van der Waals surface area contributed by atoms with Crippen LogP contribution >= 0.6 is 12.2 Å². The van der Waals surface area contributed by atoms with Crippen LogP contribution < -0.4 is 0 Å². The summed E-state index contributed by atoms with van der Waals surface area (Å²) in [6.07, 6.45) is 0. The molecule has 0 radical (unpaired) electrons. The fourth-order valence-electron chi connectivity index (χ4n) is 2.15. The monoisotopic (exact) mass is 331 g/mol. The second kappa shape index (κ2) is 4.17. The number of aromatic amines is 1. The van der Waals surface area contributed by atoms with Gasteiger partial charge < -0.3 is 0 Å². The fourth-order valence-corrected chi connectivity index (χ4v) is 4.75. The van der Waals surface area contributed by atoms with Crippen molar-refractivity contribution in [2.24, 2.45) is 0 Å². The predicted molar refractivity (Wildman–Crippen MR) is 80.7 cm³/mol. The van der Waals surface area contributed by atoms with E-state index in [1.54, 1.807) is 0 Å². The Morgan fingerprint density at radius 1 is 1.05 bits per heavy atom. The summed E-state index contributed by atoms with van der Waals surface area (Å²) in [7, 11) is 0. The normalized spacial score (nSPS) is 11.4. The van der Waals surface area contributed by atoms with Crippen molar-refractivity contribution in [3.63, 3.8) is 0 Å². The Hall–Kier alpha value is -1.68. The third-order valence-electron chi connectivity index (χ3n) is 3.06. The van der Waals surface area contributed by atoms with E-state index < -0.39 is 0 Å². The molecule has 4 rings (SSSR count). The molecule has 0 saturated carbocycles. The molecule has 92 valence electrons. The van der Waals surface area contributed by atoms with Gasteiger partial charge in [-0.15, -0.1) is 0 Å². The van der Waals surface area contributed by atoms with Gasteiger partial charge in [-0.3, -0.25) is 0 Å². The first-order valence-electron chi connectivity index (χ1n) is 5.89. The van der Waals surface area contributed by atoms with E-state index in [1.807, 2.05) is 30.3 Å². The Labute approximate surface area is 120 Å². The van der Waals surface area contributed by atoms with Gasteiger partial charge in [0.1, 0.15) is 0 Å². The molecule has 1 N–H and O–H groups in total. The van der Waals surface area contributed by atoms with Crippen LogP contribution in [0.1, 0.15) is 0 Å². The molecule has 0 amide bonds. The number of imidazole rings is 1. The molecule has 0 aliphatic rings. The van der Waals surface area contributed by atoms with Crippen LogP contribution in [0.2, 0.25) is 0 Å². The number of aromatic nitrogens is 3. The summed E-state index contributed by atoms with van der Waals surface area (Å²) in [5, 5.41) is 1.16. The van der Waals surface area contributed by atoms with E-state index in [0.717, 1.165) is 27.0 Å². The van der Waals surface area contributed by atoms with Crippen molar-refractivity contribution < 1.29 is 0 Å². The minimum atomic E-state index is 0.168. The summed E-state index contributed by atoms with van der Waals surface area (Å²) in [5.41, 5.74) is 2.03. The summed E-state index contributed by atoms with van der Waals surface area (Å²) in [5.74, 6) is 0.849. The van der Waals surface area contributed by atoms with Crippen molar-refractivity contribution >= 4 is 47.6 Å². The van der Waals surface area contributed by atoms with Gasteiger partial charge in [-0.25, -0.2) is 0 Å². The number of H-pyrrole nitrogens is 1. The van der Waals surface area contributed by atoms with Gasteiger partial charge in [0.15, 0.2) is 0 Å². The quantitative estimate of drug-likeness (QED) is 0.429. The first kappa shape index (κ1) is 11.2. The maximum absolute atomic E-state index is 5.56. The number of nitrogens with zero attached hydrogens (tertiary/aromatic N) is 2. The van der Waals surface area contributed by atoms with Crippen LogP contribution in [-0.4, -0.2) is 28.3 Å². The van der Waals surface area contributed by atoms with Crippen LogP contribution in [-0.2, 0) is 0 Å². The van der Waals surface area contributed by atoms with Crippen molar-refractivity contribution in [2.75, 3.05) is 0 Å². The molecule has 4 aromatic rings. The van der Waals surface area contributed by atoms with E-state index >= 15 is 0 Å². The molecule has 0 fully saturated rings. The molecule has 0 saturated heterocycles. The van der Waals surface area contributed by atoms with Crippen LogP contribution in [0.15, 0.2) is 48.5 Å². The number of fused-ring (bicyclic) bond motifs is 2. The molecule has 0 spiro atoms. The van der Waals surface area contributed by atoms with Crippen molar-refractivity contribution in [1.82, 2.24) is 13.5 Å². The Morgan fingerprint density at radius 3 is 2.68 bits per heavy atom. The summed E-state index contributed by atoms with van der Waals surface area (Å²) in [6.45, 7) is 0. The van der Waals surface area contributed by atoms with E-state index in [1.165, 1.54) is 4.26 Å². The van der Waals surface area contributed by atoms with Gasteiger partial charge in [0, 0.05) is 0 Å². The van der Waals surface area contributed by atoms with E-state index in [0.29, 0.717) is 0 Å². The summed E-state index contributed by atoms with van der Waals surface area (Å²) >= 11 is 5.73. The zero-order valence-corrected chi connectivity index (χ0v) is 12.4. The van der Waals surface area contributed by atoms with Crippen LogP contribution in [0.4, 0.5) is 0 Å². The Kier molecular flexibility index (Phi) is 2.45. The molecular formula is C14H9N3SSe. The topological polar surface area (TPSA) is 33.6 Å². The van der Waals surface area contributed by atoms with Crippen LogP contribution in [0, 0.1) is 4.64 Å². The molecule has 0 aliphatic heterocycles. The van der Waals surface area contributed by atoms with Crippen LogP contribution in [0.5, 0.6) is 0 Å². The maximum atomic E-state index is 5.56. The number of para-hydroxylation sites is 2. The molecule has 0 bridgehead atoms. The van der Waals surface area contributed by atoms with E-state index in [2.05, 4.69) is 31.7 Å². The number of nitrogens with one attached hydrogen (secondary N) is 1. The molecule has 5 heteroatoms. The SMILES string of the molecule is S=c1c2ccccc2[se]n1-c1nc2ccccc2[nH]1. The van der Waals surface area contributed by atoms with Gasteiger partial charge in [0.25, 0.3) is 0 Å².